The predicted molar refractivity (Wildman–Crippen MR) is 84.8 cm³/mol. The Labute approximate surface area is 133 Å². The maximum atomic E-state index is 12.6. The molecule has 2 aromatic heterocycles. The lowest BCUT2D eigenvalue weighted by Gasteiger charge is -2.22. The number of carbonyl (C=O) groups is 1. The van der Waals surface area contributed by atoms with Crippen molar-refractivity contribution in [3.05, 3.63) is 51.4 Å². The molecule has 2 heterocycles. The van der Waals surface area contributed by atoms with Crippen molar-refractivity contribution >= 4 is 28.8 Å². The van der Waals surface area contributed by atoms with Gasteiger partial charge in [0, 0.05) is 39.2 Å². The van der Waals surface area contributed by atoms with E-state index in [-0.39, 0.29) is 5.91 Å². The number of hydrogen-bond donors (Lipinski definition) is 0. The summed E-state index contributed by atoms with van der Waals surface area (Å²) < 4.78 is 5.69. The summed E-state index contributed by atoms with van der Waals surface area (Å²) in [5.74, 6) is -0.000171. The summed E-state index contributed by atoms with van der Waals surface area (Å²) in [6, 6.07) is 7.35. The average Bonchev–Trinajstić information content (AvgIpc) is 2.93. The first kappa shape index (κ1) is 15.9. The molecule has 1 amide bonds. The van der Waals surface area contributed by atoms with E-state index < -0.39 is 0 Å². The number of nitrogens with zero attached hydrogens (tertiary/aromatic N) is 2. The van der Waals surface area contributed by atoms with E-state index in [2.05, 4.69) is 4.98 Å². The summed E-state index contributed by atoms with van der Waals surface area (Å²) in [5.41, 5.74) is 1.05. The minimum Gasteiger partial charge on any atom is -0.385 e. The number of hydrogen-bond acceptors (Lipinski definition) is 4. The van der Waals surface area contributed by atoms with Gasteiger partial charge in [-0.2, -0.15) is 0 Å². The van der Waals surface area contributed by atoms with Gasteiger partial charge < -0.3 is 9.64 Å². The first-order chi connectivity index (χ1) is 10.2. The van der Waals surface area contributed by atoms with Crippen molar-refractivity contribution in [1.29, 1.82) is 0 Å². The monoisotopic (exact) mass is 324 g/mol. The van der Waals surface area contributed by atoms with Crippen LogP contribution in [0.2, 0.25) is 4.34 Å². The minimum absolute atomic E-state index is 0.000171. The molecule has 4 nitrogen and oxygen atoms in total. The Balaban J connectivity index is 2.09. The van der Waals surface area contributed by atoms with Crippen LogP contribution in [0.15, 0.2) is 36.7 Å². The molecule has 0 aliphatic rings. The van der Waals surface area contributed by atoms with Gasteiger partial charge in [0.25, 0.3) is 5.91 Å². The molecule has 0 aliphatic heterocycles. The second-order valence-electron chi connectivity index (χ2n) is 4.53. The van der Waals surface area contributed by atoms with Crippen molar-refractivity contribution in [2.75, 3.05) is 20.3 Å². The van der Waals surface area contributed by atoms with Gasteiger partial charge >= 0.3 is 0 Å². The lowest BCUT2D eigenvalue weighted by atomic mass is 10.2. The number of amides is 1. The van der Waals surface area contributed by atoms with E-state index in [1.54, 1.807) is 31.6 Å². The van der Waals surface area contributed by atoms with Gasteiger partial charge in [-0.1, -0.05) is 11.6 Å². The molecule has 0 aliphatic carbocycles. The fraction of sp³-hybridized carbons (Fsp3) is 0.333. The summed E-state index contributed by atoms with van der Waals surface area (Å²) in [6.45, 7) is 1.83. The molecule has 0 saturated heterocycles. The van der Waals surface area contributed by atoms with Crippen molar-refractivity contribution in [1.82, 2.24) is 9.88 Å². The Kier molecular flexibility index (Phi) is 6.17. The van der Waals surface area contributed by atoms with E-state index in [9.17, 15) is 4.79 Å². The second kappa shape index (κ2) is 8.12. The first-order valence-corrected chi connectivity index (χ1v) is 7.82. The normalized spacial score (nSPS) is 10.6. The van der Waals surface area contributed by atoms with Crippen LogP contribution in [0.3, 0.4) is 0 Å². The zero-order valence-corrected chi connectivity index (χ0v) is 13.4. The fourth-order valence-corrected chi connectivity index (χ4v) is 2.96. The van der Waals surface area contributed by atoms with Crippen molar-refractivity contribution in [3.63, 3.8) is 0 Å². The molecule has 0 fully saturated rings. The first-order valence-electron chi connectivity index (χ1n) is 6.63. The van der Waals surface area contributed by atoms with Gasteiger partial charge in [0.05, 0.1) is 9.21 Å². The maximum Gasteiger partial charge on any atom is 0.264 e. The van der Waals surface area contributed by atoms with Crippen LogP contribution in [0.25, 0.3) is 0 Å². The molecular weight excluding hydrogens is 308 g/mol. The molecule has 0 N–H and O–H groups in total. The second-order valence-corrected chi connectivity index (χ2v) is 6.25. The Morgan fingerprint density at radius 2 is 2.10 bits per heavy atom. The summed E-state index contributed by atoms with van der Waals surface area (Å²) in [7, 11) is 1.66. The highest BCUT2D eigenvalue weighted by Crippen LogP contribution is 2.23. The number of halogens is 1. The van der Waals surface area contributed by atoms with E-state index in [0.717, 1.165) is 12.0 Å². The molecule has 0 atom stereocenters. The van der Waals surface area contributed by atoms with Crippen LogP contribution in [-0.4, -0.2) is 36.1 Å². The topological polar surface area (TPSA) is 42.4 Å². The molecule has 2 rings (SSSR count). The third kappa shape index (κ3) is 4.81. The van der Waals surface area contributed by atoms with Crippen LogP contribution in [0.4, 0.5) is 0 Å². The Morgan fingerprint density at radius 3 is 2.71 bits per heavy atom. The number of rotatable bonds is 7. The lowest BCUT2D eigenvalue weighted by molar-refractivity contribution is 0.0728. The van der Waals surface area contributed by atoms with Gasteiger partial charge in [-0.05, 0) is 36.2 Å². The molecule has 0 saturated carbocycles. The quantitative estimate of drug-likeness (QED) is 0.732. The predicted octanol–water partition coefficient (Wildman–Crippen LogP) is 3.48. The zero-order chi connectivity index (χ0) is 15.1. The van der Waals surface area contributed by atoms with Crippen LogP contribution < -0.4 is 0 Å². The SMILES string of the molecule is COCCCN(Cc1ccncc1)C(=O)c1ccc(Cl)s1. The third-order valence-corrected chi connectivity index (χ3v) is 4.19. The van der Waals surface area contributed by atoms with Gasteiger partial charge in [0.1, 0.15) is 0 Å². The smallest absolute Gasteiger partial charge is 0.264 e. The van der Waals surface area contributed by atoms with Crippen LogP contribution in [0.1, 0.15) is 21.7 Å². The molecule has 0 spiro atoms. The van der Waals surface area contributed by atoms with Crippen molar-refractivity contribution in [3.8, 4) is 0 Å². The number of ether oxygens (including phenoxy) is 1. The van der Waals surface area contributed by atoms with Crippen LogP contribution >= 0.6 is 22.9 Å². The highest BCUT2D eigenvalue weighted by molar-refractivity contribution is 7.17. The lowest BCUT2D eigenvalue weighted by Crippen LogP contribution is -2.31. The molecule has 0 unspecified atom stereocenters. The highest BCUT2D eigenvalue weighted by atomic mass is 35.5. The molecule has 21 heavy (non-hydrogen) atoms. The van der Waals surface area contributed by atoms with E-state index in [1.165, 1.54) is 11.3 Å². The van der Waals surface area contributed by atoms with E-state index in [1.807, 2.05) is 17.0 Å². The fourth-order valence-electron chi connectivity index (χ4n) is 1.95. The summed E-state index contributed by atoms with van der Waals surface area (Å²) in [5, 5.41) is 0. The van der Waals surface area contributed by atoms with Crippen molar-refractivity contribution in [2.45, 2.75) is 13.0 Å². The maximum absolute atomic E-state index is 12.6. The van der Waals surface area contributed by atoms with Crippen LogP contribution in [-0.2, 0) is 11.3 Å². The Hall–Kier alpha value is -1.43. The van der Waals surface area contributed by atoms with E-state index in [4.69, 9.17) is 16.3 Å². The van der Waals surface area contributed by atoms with E-state index in [0.29, 0.717) is 28.9 Å². The van der Waals surface area contributed by atoms with Gasteiger partial charge in [0.15, 0.2) is 0 Å². The largest absolute Gasteiger partial charge is 0.385 e. The minimum atomic E-state index is -0.000171. The van der Waals surface area contributed by atoms with Gasteiger partial charge in [0.2, 0.25) is 0 Å². The summed E-state index contributed by atoms with van der Waals surface area (Å²) in [6.07, 6.45) is 4.26. The summed E-state index contributed by atoms with van der Waals surface area (Å²) in [4.78, 5) is 19.0. The molecule has 112 valence electrons. The number of pyridine rings is 1. The Bertz CT molecular complexity index is 574. The molecule has 2 aromatic rings. The summed E-state index contributed by atoms with van der Waals surface area (Å²) >= 11 is 7.22. The number of thiophene rings is 1. The van der Waals surface area contributed by atoms with Crippen molar-refractivity contribution in [2.24, 2.45) is 0 Å². The van der Waals surface area contributed by atoms with E-state index >= 15 is 0 Å². The average molecular weight is 325 g/mol. The third-order valence-electron chi connectivity index (χ3n) is 2.97. The number of aromatic nitrogens is 1. The standard InChI is InChI=1S/C15H17ClN2O2S/c1-20-10-2-9-18(11-12-5-7-17-8-6-12)15(19)13-3-4-14(16)21-13/h3-8H,2,9-11H2,1H3. The highest BCUT2D eigenvalue weighted by Gasteiger charge is 2.17. The number of carbonyl (C=O) groups excluding carboxylic acids is 1. The van der Waals surface area contributed by atoms with Crippen LogP contribution in [0.5, 0.6) is 0 Å². The van der Waals surface area contributed by atoms with Gasteiger partial charge in [-0.15, -0.1) is 11.3 Å². The Morgan fingerprint density at radius 1 is 1.33 bits per heavy atom. The van der Waals surface area contributed by atoms with Gasteiger partial charge in [-0.3, -0.25) is 9.78 Å². The molecule has 0 aromatic carbocycles. The van der Waals surface area contributed by atoms with Crippen LogP contribution in [0, 0.1) is 0 Å². The molecule has 6 heteroatoms. The molecular formula is C15H17ClN2O2S. The molecule has 0 radical (unpaired) electrons. The zero-order valence-electron chi connectivity index (χ0n) is 11.8. The van der Waals surface area contributed by atoms with Gasteiger partial charge in [-0.25, -0.2) is 0 Å². The number of methoxy groups -OCH3 is 1. The van der Waals surface area contributed by atoms with Crippen molar-refractivity contribution < 1.29 is 9.53 Å². The molecule has 0 bridgehead atoms.